The summed E-state index contributed by atoms with van der Waals surface area (Å²) in [5, 5.41) is 24.2. The molecular weight excluding hydrogens is 254 g/mol. The van der Waals surface area contributed by atoms with Crippen molar-refractivity contribution in [2.45, 2.75) is 18.9 Å². The third kappa shape index (κ3) is 2.01. The number of hydrogen-bond acceptors (Lipinski definition) is 6. The minimum absolute atomic E-state index is 0.0299. The molecule has 1 aliphatic rings. The van der Waals surface area contributed by atoms with Crippen LogP contribution in [0.5, 0.6) is 0 Å². The molecule has 19 heavy (non-hydrogen) atoms. The van der Waals surface area contributed by atoms with E-state index < -0.39 is 16.4 Å². The largest absolute Gasteiger partial charge is 0.480 e. The van der Waals surface area contributed by atoms with Gasteiger partial charge in [-0.3, -0.25) is 14.9 Å². The Hall–Kier alpha value is -2.16. The SMILES string of the molecule is Cc1nn(C)c(N2CCC(N)(C(=O)O)C2)c1[N+](=O)[O-]. The summed E-state index contributed by atoms with van der Waals surface area (Å²) in [4.78, 5) is 23.3. The number of carboxylic acids is 1. The van der Waals surface area contributed by atoms with E-state index in [0.717, 1.165) is 0 Å². The summed E-state index contributed by atoms with van der Waals surface area (Å²) >= 11 is 0. The lowest BCUT2D eigenvalue weighted by molar-refractivity contribution is -0.384. The van der Waals surface area contributed by atoms with Gasteiger partial charge in [0.15, 0.2) is 0 Å². The molecule has 2 rings (SSSR count). The smallest absolute Gasteiger partial charge is 0.333 e. The first-order chi connectivity index (χ1) is 8.76. The van der Waals surface area contributed by atoms with Crippen molar-refractivity contribution in [1.29, 1.82) is 0 Å². The number of nitrogens with zero attached hydrogens (tertiary/aromatic N) is 4. The molecule has 2 heterocycles. The van der Waals surface area contributed by atoms with E-state index in [2.05, 4.69) is 5.10 Å². The van der Waals surface area contributed by atoms with Crippen molar-refractivity contribution >= 4 is 17.5 Å². The van der Waals surface area contributed by atoms with Crippen LogP contribution in [0.15, 0.2) is 0 Å². The molecule has 0 bridgehead atoms. The molecule has 0 aromatic carbocycles. The second-order valence-electron chi connectivity index (χ2n) is 4.77. The Bertz CT molecular complexity index is 554. The number of anilines is 1. The summed E-state index contributed by atoms with van der Waals surface area (Å²) in [7, 11) is 1.59. The number of carboxylic acid groups (broad SMARTS) is 1. The predicted molar refractivity (Wildman–Crippen MR) is 66.0 cm³/mol. The maximum absolute atomic E-state index is 11.1. The van der Waals surface area contributed by atoms with Gasteiger partial charge in [0.2, 0.25) is 5.82 Å². The summed E-state index contributed by atoms with van der Waals surface area (Å²) < 4.78 is 1.39. The first kappa shape index (κ1) is 13.3. The van der Waals surface area contributed by atoms with Crippen molar-refractivity contribution in [3.63, 3.8) is 0 Å². The Morgan fingerprint density at radius 3 is 2.74 bits per heavy atom. The summed E-state index contributed by atoms with van der Waals surface area (Å²) in [5.41, 5.74) is 4.60. The van der Waals surface area contributed by atoms with Crippen LogP contribution in [0.3, 0.4) is 0 Å². The molecule has 9 heteroatoms. The number of aryl methyl sites for hydroxylation is 2. The fourth-order valence-electron chi connectivity index (χ4n) is 2.39. The molecule has 1 aromatic rings. The van der Waals surface area contributed by atoms with Gasteiger partial charge in [0, 0.05) is 20.1 Å². The van der Waals surface area contributed by atoms with E-state index in [9.17, 15) is 14.9 Å². The maximum atomic E-state index is 11.1. The van der Waals surface area contributed by atoms with Crippen LogP contribution in [0.4, 0.5) is 11.5 Å². The highest BCUT2D eigenvalue weighted by atomic mass is 16.6. The van der Waals surface area contributed by atoms with Gasteiger partial charge in [0.05, 0.1) is 4.92 Å². The van der Waals surface area contributed by atoms with Crippen LogP contribution in [0, 0.1) is 17.0 Å². The summed E-state index contributed by atoms with van der Waals surface area (Å²) in [6.07, 6.45) is 0.240. The lowest BCUT2D eigenvalue weighted by Crippen LogP contribution is -2.50. The average molecular weight is 269 g/mol. The highest BCUT2D eigenvalue weighted by molar-refractivity contribution is 5.81. The monoisotopic (exact) mass is 269 g/mol. The van der Waals surface area contributed by atoms with Crippen LogP contribution in [0.2, 0.25) is 0 Å². The topological polar surface area (TPSA) is 128 Å². The van der Waals surface area contributed by atoms with Gasteiger partial charge in [0.25, 0.3) is 0 Å². The van der Waals surface area contributed by atoms with E-state index in [0.29, 0.717) is 18.1 Å². The zero-order valence-corrected chi connectivity index (χ0v) is 10.7. The molecule has 1 aliphatic heterocycles. The molecule has 0 amide bonds. The van der Waals surface area contributed by atoms with E-state index in [1.165, 1.54) is 4.68 Å². The van der Waals surface area contributed by atoms with E-state index in [-0.39, 0.29) is 18.7 Å². The predicted octanol–water partition coefficient (Wildman–Crippen LogP) is -0.371. The minimum atomic E-state index is -1.37. The first-order valence-corrected chi connectivity index (χ1v) is 5.71. The van der Waals surface area contributed by atoms with E-state index in [1.54, 1.807) is 18.9 Å². The molecule has 104 valence electrons. The number of aromatic nitrogens is 2. The zero-order chi connectivity index (χ0) is 14.4. The molecular formula is C10H15N5O4. The molecule has 3 N–H and O–H groups in total. The first-order valence-electron chi connectivity index (χ1n) is 5.71. The Labute approximate surface area is 108 Å². The van der Waals surface area contributed by atoms with Gasteiger partial charge in [-0.2, -0.15) is 5.10 Å². The maximum Gasteiger partial charge on any atom is 0.333 e. The molecule has 1 atom stereocenters. The van der Waals surface area contributed by atoms with E-state index >= 15 is 0 Å². The third-order valence-corrected chi connectivity index (χ3v) is 3.37. The molecule has 1 unspecified atom stereocenters. The fraction of sp³-hybridized carbons (Fsp3) is 0.600. The number of rotatable bonds is 3. The molecule has 1 aromatic heterocycles. The molecule has 0 aliphatic carbocycles. The van der Waals surface area contributed by atoms with Gasteiger partial charge in [-0.05, 0) is 13.3 Å². The molecule has 1 saturated heterocycles. The highest BCUT2D eigenvalue weighted by Crippen LogP contribution is 2.34. The van der Waals surface area contributed by atoms with Gasteiger partial charge in [-0.15, -0.1) is 0 Å². The normalized spacial score (nSPS) is 22.8. The summed E-state index contributed by atoms with van der Waals surface area (Å²) in [6, 6.07) is 0. The zero-order valence-electron chi connectivity index (χ0n) is 10.7. The Kier molecular flexibility index (Phi) is 2.93. The standard InChI is InChI=1S/C10H15N5O4/c1-6-7(15(18)19)8(13(2)12-6)14-4-3-10(11,5-14)9(16)17/h3-5,11H2,1-2H3,(H,16,17). The number of hydrogen-bond donors (Lipinski definition) is 2. The molecule has 0 saturated carbocycles. The molecule has 1 fully saturated rings. The van der Waals surface area contributed by atoms with Crippen LogP contribution < -0.4 is 10.6 Å². The number of nitrogens with two attached hydrogens (primary N) is 1. The Balaban J connectivity index is 2.40. The van der Waals surface area contributed by atoms with Crippen molar-refractivity contribution in [2.24, 2.45) is 12.8 Å². The molecule has 0 radical (unpaired) electrons. The van der Waals surface area contributed by atoms with E-state index in [1.807, 2.05) is 0 Å². The number of carbonyl (C=O) groups is 1. The van der Waals surface area contributed by atoms with E-state index in [4.69, 9.17) is 10.8 Å². The minimum Gasteiger partial charge on any atom is -0.480 e. The van der Waals surface area contributed by atoms with Crippen molar-refractivity contribution < 1.29 is 14.8 Å². The van der Waals surface area contributed by atoms with Crippen LogP contribution in [0.25, 0.3) is 0 Å². The van der Waals surface area contributed by atoms with Crippen LogP contribution in [-0.4, -0.2) is 44.4 Å². The second kappa shape index (κ2) is 4.19. The third-order valence-electron chi connectivity index (χ3n) is 3.37. The van der Waals surface area contributed by atoms with Crippen molar-refractivity contribution in [3.8, 4) is 0 Å². The summed E-state index contributed by atoms with van der Waals surface area (Å²) in [5.74, 6) is -0.799. The lowest BCUT2D eigenvalue weighted by atomic mass is 10.0. The van der Waals surface area contributed by atoms with Crippen molar-refractivity contribution in [2.75, 3.05) is 18.0 Å². The van der Waals surface area contributed by atoms with Gasteiger partial charge >= 0.3 is 11.7 Å². The Morgan fingerprint density at radius 2 is 2.26 bits per heavy atom. The van der Waals surface area contributed by atoms with Gasteiger partial charge < -0.3 is 15.7 Å². The van der Waals surface area contributed by atoms with Crippen LogP contribution in [-0.2, 0) is 11.8 Å². The highest BCUT2D eigenvalue weighted by Gasteiger charge is 2.44. The number of aliphatic carboxylic acids is 1. The Morgan fingerprint density at radius 1 is 1.63 bits per heavy atom. The van der Waals surface area contributed by atoms with Crippen molar-refractivity contribution in [1.82, 2.24) is 9.78 Å². The van der Waals surface area contributed by atoms with Crippen LogP contribution in [0.1, 0.15) is 12.1 Å². The van der Waals surface area contributed by atoms with Crippen molar-refractivity contribution in [3.05, 3.63) is 15.8 Å². The second-order valence-corrected chi connectivity index (χ2v) is 4.77. The quantitative estimate of drug-likeness (QED) is 0.565. The average Bonchev–Trinajstić information content (AvgIpc) is 2.80. The lowest BCUT2D eigenvalue weighted by Gasteiger charge is -2.20. The van der Waals surface area contributed by atoms with Gasteiger partial charge in [-0.25, -0.2) is 4.68 Å². The van der Waals surface area contributed by atoms with Gasteiger partial charge in [0.1, 0.15) is 11.2 Å². The molecule has 0 spiro atoms. The van der Waals surface area contributed by atoms with Crippen LogP contribution >= 0.6 is 0 Å². The number of nitro groups is 1. The molecule has 9 nitrogen and oxygen atoms in total. The summed E-state index contributed by atoms with van der Waals surface area (Å²) in [6.45, 7) is 1.93. The fourth-order valence-corrected chi connectivity index (χ4v) is 2.39. The van der Waals surface area contributed by atoms with Gasteiger partial charge in [-0.1, -0.05) is 0 Å².